The van der Waals surface area contributed by atoms with Gasteiger partial charge in [-0.1, -0.05) is 24.5 Å². The number of aromatic nitrogens is 3. The Morgan fingerprint density at radius 3 is 2.88 bits per heavy atom. The molecule has 0 bridgehead atoms. The molecule has 5 nitrogen and oxygen atoms in total. The lowest BCUT2D eigenvalue weighted by Gasteiger charge is -2.25. The van der Waals surface area contributed by atoms with Crippen LogP contribution in [0, 0.1) is 5.92 Å². The highest BCUT2D eigenvalue weighted by molar-refractivity contribution is 5.10. The van der Waals surface area contributed by atoms with Gasteiger partial charge in [0.1, 0.15) is 0 Å². The average Bonchev–Trinajstić information content (AvgIpc) is 2.66. The third-order valence-corrected chi connectivity index (χ3v) is 3.63. The van der Waals surface area contributed by atoms with Crippen LogP contribution in [-0.4, -0.2) is 28.7 Å². The number of ether oxygens (including phenoxy) is 1. The first-order valence-corrected chi connectivity index (χ1v) is 6.45. The van der Waals surface area contributed by atoms with E-state index >= 15 is 0 Å². The zero-order chi connectivity index (χ0) is 12.1. The summed E-state index contributed by atoms with van der Waals surface area (Å²) in [5.41, 5.74) is 7.73. The largest absolute Gasteiger partial charge is 0.384 e. The SMILES string of the molecule is COCCc1c(CN)nnn1CCC1CCC1. The quantitative estimate of drug-likeness (QED) is 0.773. The number of rotatable bonds is 7. The number of nitrogens with zero attached hydrogens (tertiary/aromatic N) is 3. The Morgan fingerprint density at radius 2 is 2.29 bits per heavy atom. The van der Waals surface area contributed by atoms with Gasteiger partial charge in [-0.3, -0.25) is 0 Å². The van der Waals surface area contributed by atoms with Crippen molar-refractivity contribution in [1.29, 1.82) is 0 Å². The minimum Gasteiger partial charge on any atom is -0.384 e. The second kappa shape index (κ2) is 6.12. The minimum absolute atomic E-state index is 0.461. The second-order valence-electron chi connectivity index (χ2n) is 4.74. The molecule has 0 amide bonds. The van der Waals surface area contributed by atoms with Gasteiger partial charge in [0.05, 0.1) is 18.0 Å². The maximum Gasteiger partial charge on any atom is 0.0995 e. The van der Waals surface area contributed by atoms with Gasteiger partial charge in [-0.2, -0.15) is 0 Å². The summed E-state index contributed by atoms with van der Waals surface area (Å²) in [5, 5.41) is 8.34. The molecule has 1 aromatic rings. The van der Waals surface area contributed by atoms with Gasteiger partial charge in [0, 0.05) is 26.6 Å². The standard InChI is InChI=1S/C12H22N4O/c1-17-8-6-12-11(9-13)14-15-16(12)7-5-10-3-2-4-10/h10H,2-9,13H2,1H3. The molecule has 0 atom stereocenters. The van der Waals surface area contributed by atoms with Crippen LogP contribution in [0.2, 0.25) is 0 Å². The van der Waals surface area contributed by atoms with Crippen LogP contribution in [0.5, 0.6) is 0 Å². The molecule has 0 aromatic carbocycles. The zero-order valence-electron chi connectivity index (χ0n) is 10.6. The van der Waals surface area contributed by atoms with Gasteiger partial charge < -0.3 is 10.5 Å². The van der Waals surface area contributed by atoms with Crippen LogP contribution >= 0.6 is 0 Å². The monoisotopic (exact) mass is 238 g/mol. The molecule has 1 fully saturated rings. The third kappa shape index (κ3) is 3.04. The Morgan fingerprint density at radius 1 is 1.47 bits per heavy atom. The molecule has 1 saturated carbocycles. The van der Waals surface area contributed by atoms with Crippen molar-refractivity contribution in [3.05, 3.63) is 11.4 Å². The summed E-state index contributed by atoms with van der Waals surface area (Å²) in [6.07, 6.45) is 6.22. The van der Waals surface area contributed by atoms with Crippen LogP contribution in [0.15, 0.2) is 0 Å². The van der Waals surface area contributed by atoms with E-state index in [1.54, 1.807) is 7.11 Å². The molecule has 0 unspecified atom stereocenters. The highest BCUT2D eigenvalue weighted by Gasteiger charge is 2.18. The maximum atomic E-state index is 5.67. The van der Waals surface area contributed by atoms with E-state index in [0.29, 0.717) is 13.2 Å². The van der Waals surface area contributed by atoms with Gasteiger partial charge >= 0.3 is 0 Å². The predicted octanol–water partition coefficient (Wildman–Crippen LogP) is 1.12. The lowest BCUT2D eigenvalue weighted by Crippen LogP contribution is -2.16. The highest BCUT2D eigenvalue weighted by Crippen LogP contribution is 2.29. The van der Waals surface area contributed by atoms with E-state index < -0.39 is 0 Å². The van der Waals surface area contributed by atoms with Gasteiger partial charge in [-0.15, -0.1) is 5.10 Å². The van der Waals surface area contributed by atoms with Gasteiger partial charge in [0.25, 0.3) is 0 Å². The van der Waals surface area contributed by atoms with E-state index in [1.165, 1.54) is 25.7 Å². The van der Waals surface area contributed by atoms with Crippen molar-refractivity contribution >= 4 is 0 Å². The van der Waals surface area contributed by atoms with Crippen LogP contribution in [0.4, 0.5) is 0 Å². The smallest absolute Gasteiger partial charge is 0.0995 e. The second-order valence-corrected chi connectivity index (χ2v) is 4.74. The van der Waals surface area contributed by atoms with Crippen molar-refractivity contribution in [2.75, 3.05) is 13.7 Å². The molecule has 0 aliphatic heterocycles. The van der Waals surface area contributed by atoms with Gasteiger partial charge in [-0.05, 0) is 12.3 Å². The molecule has 2 rings (SSSR count). The van der Waals surface area contributed by atoms with Gasteiger partial charge in [0.2, 0.25) is 0 Å². The minimum atomic E-state index is 0.461. The summed E-state index contributed by atoms with van der Waals surface area (Å²) >= 11 is 0. The van der Waals surface area contributed by atoms with E-state index in [9.17, 15) is 0 Å². The Kier molecular flexibility index (Phi) is 4.50. The number of aryl methyl sites for hydroxylation is 1. The van der Waals surface area contributed by atoms with Crippen molar-refractivity contribution < 1.29 is 4.74 Å². The molecule has 1 heterocycles. The highest BCUT2D eigenvalue weighted by atomic mass is 16.5. The summed E-state index contributed by atoms with van der Waals surface area (Å²) < 4.78 is 7.13. The Labute approximate surface area is 102 Å². The fourth-order valence-corrected chi connectivity index (χ4v) is 2.27. The Balaban J connectivity index is 1.95. The molecule has 2 N–H and O–H groups in total. The summed E-state index contributed by atoms with van der Waals surface area (Å²) in [7, 11) is 1.71. The van der Waals surface area contributed by atoms with Crippen LogP contribution < -0.4 is 5.73 Å². The fraction of sp³-hybridized carbons (Fsp3) is 0.833. The molecule has 17 heavy (non-hydrogen) atoms. The maximum absolute atomic E-state index is 5.67. The van der Waals surface area contributed by atoms with Crippen LogP contribution in [0.25, 0.3) is 0 Å². The van der Waals surface area contributed by atoms with Gasteiger partial charge in [-0.25, -0.2) is 4.68 Å². The van der Waals surface area contributed by atoms with Crippen LogP contribution in [0.1, 0.15) is 37.1 Å². The molecule has 96 valence electrons. The van der Waals surface area contributed by atoms with Crippen molar-refractivity contribution in [3.8, 4) is 0 Å². The van der Waals surface area contributed by atoms with Crippen molar-refractivity contribution in [2.45, 2.75) is 45.2 Å². The fourth-order valence-electron chi connectivity index (χ4n) is 2.27. The molecule has 0 radical (unpaired) electrons. The summed E-state index contributed by atoms with van der Waals surface area (Å²) in [5.74, 6) is 0.899. The van der Waals surface area contributed by atoms with Crippen molar-refractivity contribution in [1.82, 2.24) is 15.0 Å². The summed E-state index contributed by atoms with van der Waals surface area (Å²) in [6.45, 7) is 2.13. The molecular formula is C12H22N4O. The lowest BCUT2D eigenvalue weighted by atomic mass is 9.83. The molecule has 1 aromatic heterocycles. The van der Waals surface area contributed by atoms with E-state index in [0.717, 1.165) is 30.3 Å². The first-order chi connectivity index (χ1) is 8.35. The molecule has 0 spiro atoms. The number of nitrogens with two attached hydrogens (primary N) is 1. The Bertz CT molecular complexity index is 346. The van der Waals surface area contributed by atoms with E-state index in [1.807, 2.05) is 4.68 Å². The van der Waals surface area contributed by atoms with Crippen LogP contribution in [-0.2, 0) is 24.2 Å². The van der Waals surface area contributed by atoms with Crippen molar-refractivity contribution in [2.24, 2.45) is 11.7 Å². The van der Waals surface area contributed by atoms with Crippen molar-refractivity contribution in [3.63, 3.8) is 0 Å². The molecule has 1 aliphatic carbocycles. The average molecular weight is 238 g/mol. The lowest BCUT2D eigenvalue weighted by molar-refractivity contribution is 0.199. The zero-order valence-corrected chi connectivity index (χ0v) is 10.6. The van der Waals surface area contributed by atoms with Crippen LogP contribution in [0.3, 0.4) is 0 Å². The van der Waals surface area contributed by atoms with E-state index in [2.05, 4.69) is 10.3 Å². The third-order valence-electron chi connectivity index (χ3n) is 3.63. The molecule has 1 aliphatic rings. The number of hydrogen-bond acceptors (Lipinski definition) is 4. The summed E-state index contributed by atoms with van der Waals surface area (Å²) in [4.78, 5) is 0. The first kappa shape index (κ1) is 12.5. The number of hydrogen-bond donors (Lipinski definition) is 1. The number of methoxy groups -OCH3 is 1. The molecular weight excluding hydrogens is 216 g/mol. The Hall–Kier alpha value is -0.940. The van der Waals surface area contributed by atoms with Gasteiger partial charge in [0.15, 0.2) is 0 Å². The van der Waals surface area contributed by atoms with E-state index in [4.69, 9.17) is 10.5 Å². The van der Waals surface area contributed by atoms with E-state index in [-0.39, 0.29) is 0 Å². The topological polar surface area (TPSA) is 66.0 Å². The normalized spacial score (nSPS) is 16.1. The first-order valence-electron chi connectivity index (χ1n) is 6.45. The summed E-state index contributed by atoms with van der Waals surface area (Å²) in [6, 6.07) is 0. The molecule has 0 saturated heterocycles. The molecule has 5 heteroatoms. The predicted molar refractivity (Wildman–Crippen MR) is 65.5 cm³/mol.